The zero-order valence-corrected chi connectivity index (χ0v) is 15.8. The van der Waals surface area contributed by atoms with Crippen LogP contribution in [-0.2, 0) is 20.0 Å². The van der Waals surface area contributed by atoms with Gasteiger partial charge in [0.1, 0.15) is 0 Å². The monoisotopic (exact) mass is 408 g/mol. The SMILES string of the molecule is CN(C)S(=O)(=O)c1ccc(Cl)c(NS(=O)(=O)c2cccc(Cl)c2)c1. The predicted molar refractivity (Wildman–Crippen MR) is 94.6 cm³/mol. The molecule has 6 nitrogen and oxygen atoms in total. The maximum atomic E-state index is 12.4. The third-order valence-corrected chi connectivity index (χ3v) is 6.81. The minimum absolute atomic E-state index is 0.0421. The van der Waals surface area contributed by atoms with Crippen LogP contribution >= 0.6 is 23.2 Å². The van der Waals surface area contributed by atoms with Gasteiger partial charge in [0.15, 0.2) is 0 Å². The summed E-state index contributed by atoms with van der Waals surface area (Å²) in [6.45, 7) is 0. The normalized spacial score (nSPS) is 12.4. The molecule has 0 spiro atoms. The molecular formula is C14H14Cl2N2O4S2. The smallest absolute Gasteiger partial charge is 0.261 e. The highest BCUT2D eigenvalue weighted by molar-refractivity contribution is 7.92. The van der Waals surface area contributed by atoms with Gasteiger partial charge in [0, 0.05) is 19.1 Å². The van der Waals surface area contributed by atoms with Crippen LogP contribution in [0.15, 0.2) is 52.3 Å². The lowest BCUT2D eigenvalue weighted by molar-refractivity contribution is 0.521. The van der Waals surface area contributed by atoms with E-state index < -0.39 is 20.0 Å². The highest BCUT2D eigenvalue weighted by Crippen LogP contribution is 2.29. The average Bonchev–Trinajstić information content (AvgIpc) is 2.49. The molecule has 2 aromatic rings. The van der Waals surface area contributed by atoms with Gasteiger partial charge in [-0.05, 0) is 36.4 Å². The van der Waals surface area contributed by atoms with E-state index in [0.717, 1.165) is 4.31 Å². The van der Waals surface area contributed by atoms with Gasteiger partial charge in [-0.25, -0.2) is 21.1 Å². The summed E-state index contributed by atoms with van der Waals surface area (Å²) < 4.78 is 52.5. The number of rotatable bonds is 5. The molecule has 0 radical (unpaired) electrons. The fraction of sp³-hybridized carbons (Fsp3) is 0.143. The van der Waals surface area contributed by atoms with Gasteiger partial charge in [0.25, 0.3) is 10.0 Å². The summed E-state index contributed by atoms with van der Waals surface area (Å²) in [5.41, 5.74) is -0.0421. The van der Waals surface area contributed by atoms with E-state index in [-0.39, 0.29) is 25.5 Å². The Bertz CT molecular complexity index is 974. The van der Waals surface area contributed by atoms with Gasteiger partial charge >= 0.3 is 0 Å². The van der Waals surface area contributed by atoms with Crippen molar-refractivity contribution in [1.82, 2.24) is 4.31 Å². The molecule has 0 aromatic heterocycles. The van der Waals surface area contributed by atoms with Crippen molar-refractivity contribution in [2.75, 3.05) is 18.8 Å². The van der Waals surface area contributed by atoms with Gasteiger partial charge < -0.3 is 0 Å². The van der Waals surface area contributed by atoms with Crippen LogP contribution < -0.4 is 4.72 Å². The average molecular weight is 409 g/mol. The van der Waals surface area contributed by atoms with Crippen molar-refractivity contribution in [3.05, 3.63) is 52.5 Å². The van der Waals surface area contributed by atoms with Crippen molar-refractivity contribution in [2.24, 2.45) is 0 Å². The third kappa shape index (κ3) is 4.01. The Labute approximate surface area is 151 Å². The molecule has 2 aromatic carbocycles. The van der Waals surface area contributed by atoms with Crippen LogP contribution in [0.3, 0.4) is 0 Å². The Morgan fingerprint density at radius 3 is 2.17 bits per heavy atom. The molecule has 0 saturated heterocycles. The Morgan fingerprint density at radius 1 is 0.917 bits per heavy atom. The van der Waals surface area contributed by atoms with Crippen LogP contribution in [0.5, 0.6) is 0 Å². The molecule has 0 unspecified atom stereocenters. The summed E-state index contributed by atoms with van der Waals surface area (Å²) in [6, 6.07) is 9.45. The van der Waals surface area contributed by atoms with E-state index in [1.807, 2.05) is 0 Å². The van der Waals surface area contributed by atoms with Crippen LogP contribution in [0, 0.1) is 0 Å². The van der Waals surface area contributed by atoms with Gasteiger partial charge in [-0.3, -0.25) is 4.72 Å². The van der Waals surface area contributed by atoms with Gasteiger partial charge in [0.05, 0.1) is 20.5 Å². The lowest BCUT2D eigenvalue weighted by Gasteiger charge is -2.14. The number of halogens is 2. The zero-order chi connectivity index (χ0) is 18.1. The predicted octanol–water partition coefficient (Wildman–Crippen LogP) is 3.04. The van der Waals surface area contributed by atoms with E-state index in [2.05, 4.69) is 4.72 Å². The highest BCUT2D eigenvalue weighted by atomic mass is 35.5. The number of nitrogens with one attached hydrogen (secondary N) is 1. The van der Waals surface area contributed by atoms with E-state index >= 15 is 0 Å². The molecule has 2 rings (SSSR count). The van der Waals surface area contributed by atoms with Gasteiger partial charge in [-0.15, -0.1) is 0 Å². The second-order valence-electron chi connectivity index (χ2n) is 4.99. The topological polar surface area (TPSA) is 83.6 Å². The summed E-state index contributed by atoms with van der Waals surface area (Å²) in [7, 11) is -4.94. The quantitative estimate of drug-likeness (QED) is 0.823. The molecule has 130 valence electrons. The summed E-state index contributed by atoms with van der Waals surface area (Å²) in [4.78, 5) is -0.146. The van der Waals surface area contributed by atoms with Crippen molar-refractivity contribution in [3.8, 4) is 0 Å². The van der Waals surface area contributed by atoms with Crippen LogP contribution in [0.4, 0.5) is 5.69 Å². The number of anilines is 1. The second-order valence-corrected chi connectivity index (χ2v) is 9.67. The van der Waals surface area contributed by atoms with Crippen LogP contribution in [0.2, 0.25) is 10.0 Å². The minimum Gasteiger partial charge on any atom is -0.278 e. The van der Waals surface area contributed by atoms with Crippen molar-refractivity contribution in [1.29, 1.82) is 0 Å². The first-order chi connectivity index (χ1) is 11.0. The molecule has 24 heavy (non-hydrogen) atoms. The number of hydrogen-bond acceptors (Lipinski definition) is 4. The van der Waals surface area contributed by atoms with Gasteiger partial charge in [0.2, 0.25) is 10.0 Å². The maximum Gasteiger partial charge on any atom is 0.261 e. The van der Waals surface area contributed by atoms with Crippen molar-refractivity contribution >= 4 is 48.9 Å². The van der Waals surface area contributed by atoms with E-state index in [4.69, 9.17) is 23.2 Å². The molecule has 0 saturated carbocycles. The van der Waals surface area contributed by atoms with Crippen LogP contribution in [-0.4, -0.2) is 35.2 Å². The lowest BCUT2D eigenvalue weighted by atomic mass is 10.3. The molecule has 0 aliphatic heterocycles. The van der Waals surface area contributed by atoms with Crippen molar-refractivity contribution in [2.45, 2.75) is 9.79 Å². The number of benzene rings is 2. The number of sulfonamides is 2. The summed E-state index contributed by atoms with van der Waals surface area (Å²) in [6.07, 6.45) is 0. The summed E-state index contributed by atoms with van der Waals surface area (Å²) >= 11 is 11.8. The summed E-state index contributed by atoms with van der Waals surface area (Å²) in [5, 5.41) is 0.325. The molecule has 0 atom stereocenters. The molecule has 0 heterocycles. The molecule has 0 aliphatic carbocycles. The first-order valence-corrected chi connectivity index (χ1v) is 10.2. The maximum absolute atomic E-state index is 12.4. The number of hydrogen-bond donors (Lipinski definition) is 1. The number of nitrogens with zero attached hydrogens (tertiary/aromatic N) is 1. The second kappa shape index (κ2) is 6.89. The largest absolute Gasteiger partial charge is 0.278 e. The van der Waals surface area contributed by atoms with E-state index in [0.29, 0.717) is 0 Å². The van der Waals surface area contributed by atoms with E-state index in [9.17, 15) is 16.8 Å². The minimum atomic E-state index is -3.97. The van der Waals surface area contributed by atoms with Gasteiger partial charge in [-0.1, -0.05) is 29.3 Å². The molecule has 0 fully saturated rings. The van der Waals surface area contributed by atoms with Crippen LogP contribution in [0.25, 0.3) is 0 Å². The van der Waals surface area contributed by atoms with Crippen LogP contribution in [0.1, 0.15) is 0 Å². The Kier molecular flexibility index (Phi) is 5.46. The molecule has 10 heteroatoms. The van der Waals surface area contributed by atoms with Gasteiger partial charge in [-0.2, -0.15) is 0 Å². The molecule has 0 amide bonds. The third-order valence-electron chi connectivity index (χ3n) is 3.07. The summed E-state index contributed by atoms with van der Waals surface area (Å²) in [5.74, 6) is 0. The lowest BCUT2D eigenvalue weighted by Crippen LogP contribution is -2.22. The highest BCUT2D eigenvalue weighted by Gasteiger charge is 2.21. The Hall–Kier alpha value is -1.32. The van der Waals surface area contributed by atoms with Crippen molar-refractivity contribution in [3.63, 3.8) is 0 Å². The molecule has 0 bridgehead atoms. The molecule has 0 aliphatic rings. The molecule has 1 N–H and O–H groups in total. The first-order valence-electron chi connectivity index (χ1n) is 6.54. The Balaban J connectivity index is 2.47. The molecular weight excluding hydrogens is 395 g/mol. The zero-order valence-electron chi connectivity index (χ0n) is 12.7. The van der Waals surface area contributed by atoms with E-state index in [1.165, 1.54) is 56.6 Å². The van der Waals surface area contributed by atoms with Crippen molar-refractivity contribution < 1.29 is 16.8 Å². The fourth-order valence-electron chi connectivity index (χ4n) is 1.79. The Morgan fingerprint density at radius 2 is 1.58 bits per heavy atom. The fourth-order valence-corrected chi connectivity index (χ4v) is 4.31. The first kappa shape index (κ1) is 19.0. The van der Waals surface area contributed by atoms with E-state index in [1.54, 1.807) is 0 Å². The standard InChI is InChI=1S/C14H14Cl2N2O4S2/c1-18(2)24(21,22)12-6-7-13(16)14(9-12)17-23(19,20)11-5-3-4-10(15)8-11/h3-9,17H,1-2H3.